The smallest absolute Gasteiger partial charge is 0.139 e. The Bertz CT molecular complexity index is 628. The molecule has 1 aliphatic rings. The first-order valence-corrected chi connectivity index (χ1v) is 8.83. The molecule has 2 aromatic rings. The number of fused-ring (bicyclic) bond motifs is 1. The molecule has 0 spiro atoms. The number of aryl methyl sites for hydroxylation is 1. The highest BCUT2D eigenvalue weighted by atomic mass is 127. The average Bonchev–Trinajstić information content (AvgIpc) is 2.82. The van der Waals surface area contributed by atoms with Crippen molar-refractivity contribution in [2.45, 2.75) is 25.3 Å². The van der Waals surface area contributed by atoms with Crippen molar-refractivity contribution in [2.24, 2.45) is 0 Å². The van der Waals surface area contributed by atoms with E-state index in [1.165, 1.54) is 32.6 Å². The van der Waals surface area contributed by atoms with Crippen LogP contribution in [0.15, 0.2) is 24.3 Å². The van der Waals surface area contributed by atoms with Gasteiger partial charge in [0.15, 0.2) is 0 Å². The van der Waals surface area contributed by atoms with Crippen molar-refractivity contribution < 1.29 is 4.74 Å². The summed E-state index contributed by atoms with van der Waals surface area (Å²) in [6.07, 6.45) is 3.63. The van der Waals surface area contributed by atoms with Gasteiger partial charge in [0.25, 0.3) is 0 Å². The van der Waals surface area contributed by atoms with E-state index in [9.17, 15) is 0 Å². The highest BCUT2D eigenvalue weighted by Gasteiger charge is 2.22. The van der Waals surface area contributed by atoms with Crippen LogP contribution in [-0.4, -0.2) is 7.11 Å². The molecule has 3 rings (SSSR count). The summed E-state index contributed by atoms with van der Waals surface area (Å²) in [5.74, 6) is 0.715. The molecule has 0 amide bonds. The van der Waals surface area contributed by atoms with Gasteiger partial charge in [-0.05, 0) is 65.6 Å². The topological polar surface area (TPSA) is 21.3 Å². The zero-order valence-electron chi connectivity index (χ0n) is 11.1. The molecule has 106 valence electrons. The third-order valence-electron chi connectivity index (χ3n) is 3.58. The van der Waals surface area contributed by atoms with E-state index in [-0.39, 0.29) is 0 Å². The number of benzene rings is 1. The second-order valence-electron chi connectivity index (χ2n) is 4.87. The zero-order chi connectivity index (χ0) is 14.1. The maximum absolute atomic E-state index is 6.07. The Morgan fingerprint density at radius 2 is 2.25 bits per heavy atom. The van der Waals surface area contributed by atoms with Crippen LogP contribution >= 0.6 is 45.5 Å². The minimum atomic E-state index is 0.393. The molecule has 0 saturated heterocycles. The van der Waals surface area contributed by atoms with Crippen molar-refractivity contribution in [3.05, 3.63) is 42.6 Å². The van der Waals surface area contributed by atoms with Crippen LogP contribution in [0.1, 0.15) is 29.3 Å². The van der Waals surface area contributed by atoms with Crippen molar-refractivity contribution in [3.63, 3.8) is 0 Å². The number of halogens is 2. The number of nitrogens with one attached hydrogen (secondary N) is 1. The van der Waals surface area contributed by atoms with Gasteiger partial charge in [0.2, 0.25) is 0 Å². The number of rotatable bonds is 3. The van der Waals surface area contributed by atoms with Gasteiger partial charge in [-0.15, -0.1) is 11.3 Å². The molecule has 0 aliphatic heterocycles. The lowest BCUT2D eigenvalue weighted by molar-refractivity contribution is 0.415. The van der Waals surface area contributed by atoms with Crippen LogP contribution in [0.2, 0.25) is 5.02 Å². The molecule has 1 heterocycles. The third kappa shape index (κ3) is 2.92. The van der Waals surface area contributed by atoms with E-state index in [2.05, 4.69) is 34.0 Å². The Hall–Kier alpha value is -0.460. The molecule has 1 aromatic carbocycles. The molecule has 1 unspecified atom stereocenters. The Labute approximate surface area is 141 Å². The Balaban J connectivity index is 1.85. The molecule has 1 N–H and O–H groups in total. The maximum Gasteiger partial charge on any atom is 0.139 e. The molecule has 20 heavy (non-hydrogen) atoms. The summed E-state index contributed by atoms with van der Waals surface area (Å²) < 4.78 is 6.65. The zero-order valence-corrected chi connectivity index (χ0v) is 14.8. The standard InChI is InChI=1S/C15H15ClINOS/c1-19-13-7-9(5-6-11(13)16)18-12-3-2-4-14-10(12)8-15(17)20-14/h5-8,12,18H,2-4H2,1H3. The van der Waals surface area contributed by atoms with Crippen LogP contribution < -0.4 is 10.1 Å². The molecule has 1 aliphatic carbocycles. The monoisotopic (exact) mass is 419 g/mol. The second-order valence-corrected chi connectivity index (χ2v) is 8.31. The number of methoxy groups -OCH3 is 1. The summed E-state index contributed by atoms with van der Waals surface area (Å²) in [5.41, 5.74) is 2.52. The molecule has 1 aromatic heterocycles. The van der Waals surface area contributed by atoms with Gasteiger partial charge in [-0.2, -0.15) is 0 Å². The number of anilines is 1. The Kier molecular flexibility index (Phi) is 4.43. The predicted octanol–water partition coefficient (Wildman–Crippen LogP) is 5.50. The van der Waals surface area contributed by atoms with Gasteiger partial charge in [0.05, 0.1) is 21.1 Å². The number of ether oxygens (including phenoxy) is 1. The van der Waals surface area contributed by atoms with Crippen molar-refractivity contribution in [3.8, 4) is 5.75 Å². The molecule has 0 fully saturated rings. The highest BCUT2D eigenvalue weighted by Crippen LogP contribution is 2.38. The minimum Gasteiger partial charge on any atom is -0.495 e. The molecule has 1 atom stereocenters. The van der Waals surface area contributed by atoms with Gasteiger partial charge >= 0.3 is 0 Å². The summed E-state index contributed by atoms with van der Waals surface area (Å²) in [4.78, 5) is 1.53. The first-order chi connectivity index (χ1) is 9.67. The van der Waals surface area contributed by atoms with Crippen LogP contribution in [0.3, 0.4) is 0 Å². The largest absolute Gasteiger partial charge is 0.495 e. The second kappa shape index (κ2) is 6.12. The first-order valence-electron chi connectivity index (χ1n) is 6.55. The van der Waals surface area contributed by atoms with Crippen molar-refractivity contribution in [1.82, 2.24) is 0 Å². The molecule has 5 heteroatoms. The lowest BCUT2D eigenvalue weighted by Crippen LogP contribution is -2.15. The summed E-state index contributed by atoms with van der Waals surface area (Å²) >= 11 is 10.4. The van der Waals surface area contributed by atoms with E-state index in [1.807, 2.05) is 29.5 Å². The van der Waals surface area contributed by atoms with Gasteiger partial charge in [-0.25, -0.2) is 0 Å². The number of hydrogen-bond donors (Lipinski definition) is 1. The van der Waals surface area contributed by atoms with Gasteiger partial charge in [0, 0.05) is 16.6 Å². The van der Waals surface area contributed by atoms with Crippen LogP contribution in [0.5, 0.6) is 5.75 Å². The van der Waals surface area contributed by atoms with E-state index in [0.29, 0.717) is 16.8 Å². The summed E-state index contributed by atoms with van der Waals surface area (Å²) in [6, 6.07) is 8.56. The normalized spacial score (nSPS) is 17.6. The first kappa shape index (κ1) is 14.5. The van der Waals surface area contributed by atoms with E-state index in [0.717, 1.165) is 5.69 Å². The summed E-state index contributed by atoms with van der Waals surface area (Å²) in [7, 11) is 1.64. The van der Waals surface area contributed by atoms with Crippen molar-refractivity contribution in [2.75, 3.05) is 12.4 Å². The maximum atomic E-state index is 6.07. The predicted molar refractivity (Wildman–Crippen MR) is 94.3 cm³/mol. The molecule has 0 saturated carbocycles. The fraction of sp³-hybridized carbons (Fsp3) is 0.333. The minimum absolute atomic E-state index is 0.393. The molecular weight excluding hydrogens is 405 g/mol. The Morgan fingerprint density at radius 1 is 1.40 bits per heavy atom. The molecule has 2 nitrogen and oxygen atoms in total. The van der Waals surface area contributed by atoms with E-state index >= 15 is 0 Å². The lowest BCUT2D eigenvalue weighted by atomic mass is 9.94. The number of hydrogen-bond acceptors (Lipinski definition) is 3. The highest BCUT2D eigenvalue weighted by molar-refractivity contribution is 14.1. The summed E-state index contributed by atoms with van der Waals surface area (Å²) in [6.45, 7) is 0. The van der Waals surface area contributed by atoms with Gasteiger partial charge in [-0.3, -0.25) is 0 Å². The lowest BCUT2D eigenvalue weighted by Gasteiger charge is -2.25. The van der Waals surface area contributed by atoms with Crippen LogP contribution in [0.4, 0.5) is 5.69 Å². The van der Waals surface area contributed by atoms with E-state index in [4.69, 9.17) is 16.3 Å². The van der Waals surface area contributed by atoms with Crippen LogP contribution in [0.25, 0.3) is 0 Å². The van der Waals surface area contributed by atoms with Gasteiger partial charge in [0.1, 0.15) is 5.75 Å². The van der Waals surface area contributed by atoms with Gasteiger partial charge < -0.3 is 10.1 Å². The van der Waals surface area contributed by atoms with Crippen LogP contribution in [0, 0.1) is 2.88 Å². The molecular formula is C15H15ClINOS. The van der Waals surface area contributed by atoms with Crippen LogP contribution in [-0.2, 0) is 6.42 Å². The van der Waals surface area contributed by atoms with E-state index < -0.39 is 0 Å². The quantitative estimate of drug-likeness (QED) is 0.663. The fourth-order valence-corrected chi connectivity index (χ4v) is 4.94. The Morgan fingerprint density at radius 3 is 3.05 bits per heavy atom. The number of thiophene rings is 1. The van der Waals surface area contributed by atoms with Crippen molar-refractivity contribution >= 4 is 51.2 Å². The third-order valence-corrected chi connectivity index (χ3v) is 5.86. The average molecular weight is 420 g/mol. The SMILES string of the molecule is COc1cc(NC2CCCc3sc(I)cc32)ccc1Cl. The van der Waals surface area contributed by atoms with Crippen molar-refractivity contribution in [1.29, 1.82) is 0 Å². The van der Waals surface area contributed by atoms with Gasteiger partial charge in [-0.1, -0.05) is 11.6 Å². The fourth-order valence-electron chi connectivity index (χ4n) is 2.62. The molecule has 0 radical (unpaired) electrons. The molecule has 0 bridgehead atoms. The van der Waals surface area contributed by atoms with E-state index in [1.54, 1.807) is 7.11 Å². The summed E-state index contributed by atoms with van der Waals surface area (Å²) in [5, 5.41) is 4.26.